The average molecular weight is 349 g/mol. The molecule has 138 valence electrons. The van der Waals surface area contributed by atoms with Gasteiger partial charge < -0.3 is 15.5 Å². The van der Waals surface area contributed by atoms with Gasteiger partial charge in [-0.2, -0.15) is 0 Å². The predicted molar refractivity (Wildman–Crippen MR) is 95.5 cm³/mol. The lowest BCUT2D eigenvalue weighted by atomic mass is 9.82. The fourth-order valence-corrected chi connectivity index (χ4v) is 3.14. The normalized spacial score (nSPS) is 18.8. The number of likely N-dealkylation sites (tertiary alicyclic amines) is 1. The summed E-state index contributed by atoms with van der Waals surface area (Å²) in [6.07, 6.45) is 1.24. The Bertz CT molecular complexity index is 610. The topological polar surface area (TPSA) is 61.4 Å². The lowest BCUT2D eigenvalue weighted by Gasteiger charge is -2.32. The van der Waals surface area contributed by atoms with Crippen LogP contribution in [0.15, 0.2) is 24.3 Å². The molecule has 0 bridgehead atoms. The molecule has 6 heteroatoms. The van der Waals surface area contributed by atoms with Gasteiger partial charge >= 0.3 is 6.03 Å². The van der Waals surface area contributed by atoms with Crippen LogP contribution in [-0.4, -0.2) is 36.0 Å². The number of carbonyl (C=O) groups excluding carboxylic acids is 2. The maximum Gasteiger partial charge on any atom is 0.315 e. The number of carbonyl (C=O) groups is 2. The van der Waals surface area contributed by atoms with Crippen molar-refractivity contribution in [3.63, 3.8) is 0 Å². The number of nitrogens with zero attached hydrogens (tertiary/aromatic N) is 1. The minimum absolute atomic E-state index is 0.0377. The molecule has 0 radical (unpaired) electrons. The molecule has 1 aromatic carbocycles. The minimum Gasteiger partial charge on any atom is -0.341 e. The van der Waals surface area contributed by atoms with Crippen LogP contribution in [0.5, 0.6) is 0 Å². The Kier molecular flexibility index (Phi) is 6.03. The highest BCUT2D eigenvalue weighted by molar-refractivity contribution is 5.77. The summed E-state index contributed by atoms with van der Waals surface area (Å²) in [6.45, 7) is 9.15. The molecule has 1 aliphatic heterocycles. The second-order valence-electron chi connectivity index (χ2n) is 7.65. The summed E-state index contributed by atoms with van der Waals surface area (Å²) in [5, 5.41) is 5.96. The van der Waals surface area contributed by atoms with Crippen LogP contribution in [0.4, 0.5) is 9.18 Å². The Labute approximate surface area is 149 Å². The van der Waals surface area contributed by atoms with Gasteiger partial charge in [-0.3, -0.25) is 4.79 Å². The number of nitrogens with one attached hydrogen (secondary N) is 2. The molecule has 0 unspecified atom stereocenters. The number of hydrogen-bond donors (Lipinski definition) is 2. The molecule has 0 aromatic heterocycles. The van der Waals surface area contributed by atoms with Gasteiger partial charge in [-0.05, 0) is 29.5 Å². The van der Waals surface area contributed by atoms with Crippen molar-refractivity contribution in [2.75, 3.05) is 13.1 Å². The van der Waals surface area contributed by atoms with Crippen LogP contribution in [0.3, 0.4) is 0 Å². The van der Waals surface area contributed by atoms with E-state index in [0.29, 0.717) is 19.5 Å². The zero-order valence-electron chi connectivity index (χ0n) is 15.4. The molecule has 25 heavy (non-hydrogen) atoms. The highest BCUT2D eigenvalue weighted by Crippen LogP contribution is 2.32. The maximum absolute atomic E-state index is 13.2. The zero-order valence-corrected chi connectivity index (χ0v) is 15.4. The highest BCUT2D eigenvalue weighted by Gasteiger charge is 2.30. The highest BCUT2D eigenvalue weighted by atomic mass is 19.1. The number of halogens is 1. The van der Waals surface area contributed by atoms with Crippen molar-refractivity contribution >= 4 is 11.9 Å². The molecule has 2 atom stereocenters. The molecule has 1 saturated heterocycles. The largest absolute Gasteiger partial charge is 0.341 e. The van der Waals surface area contributed by atoms with E-state index in [4.69, 9.17) is 0 Å². The number of urea groups is 1. The van der Waals surface area contributed by atoms with Crippen molar-refractivity contribution in [1.29, 1.82) is 0 Å². The lowest BCUT2D eigenvalue weighted by Crippen LogP contribution is -2.47. The zero-order chi connectivity index (χ0) is 18.6. The van der Waals surface area contributed by atoms with E-state index in [9.17, 15) is 14.0 Å². The van der Waals surface area contributed by atoms with E-state index in [0.717, 1.165) is 12.0 Å². The van der Waals surface area contributed by atoms with Crippen molar-refractivity contribution < 1.29 is 14.0 Å². The van der Waals surface area contributed by atoms with E-state index in [1.54, 1.807) is 17.0 Å². The first-order valence-corrected chi connectivity index (χ1v) is 8.81. The van der Waals surface area contributed by atoms with Crippen molar-refractivity contribution in [1.82, 2.24) is 15.5 Å². The van der Waals surface area contributed by atoms with E-state index in [-0.39, 0.29) is 35.3 Å². The SMILES string of the molecule is CCC(=O)N1CC[C@H](NC(=O)N[C@H](c2ccc(F)cc2)C(C)(C)C)C1. The molecule has 1 aromatic rings. The number of rotatable bonds is 4. The standard InChI is InChI=1S/C19H28FN3O2/c1-5-16(24)23-11-10-15(12-23)21-18(25)22-17(19(2,3)4)13-6-8-14(20)9-7-13/h6-9,15,17H,5,10-12H2,1-4H3,(H2,21,22,25)/t15-,17+/m0/s1. The minimum atomic E-state index is -0.299. The maximum atomic E-state index is 13.2. The van der Waals surface area contributed by atoms with Crippen LogP contribution in [0, 0.1) is 11.2 Å². The second kappa shape index (κ2) is 7.85. The third kappa shape index (κ3) is 5.18. The van der Waals surface area contributed by atoms with E-state index >= 15 is 0 Å². The van der Waals surface area contributed by atoms with Gasteiger partial charge in [0.15, 0.2) is 0 Å². The molecule has 5 nitrogen and oxygen atoms in total. The van der Waals surface area contributed by atoms with Crippen molar-refractivity contribution in [2.45, 2.75) is 52.6 Å². The fourth-order valence-electron chi connectivity index (χ4n) is 3.14. The van der Waals surface area contributed by atoms with Crippen LogP contribution < -0.4 is 10.6 Å². The molecular formula is C19H28FN3O2. The third-order valence-corrected chi connectivity index (χ3v) is 4.52. The Morgan fingerprint density at radius 1 is 1.28 bits per heavy atom. The van der Waals surface area contributed by atoms with Gasteiger partial charge in [-0.15, -0.1) is 0 Å². The number of hydrogen-bond acceptors (Lipinski definition) is 2. The average Bonchev–Trinajstić information content (AvgIpc) is 3.00. The number of amides is 3. The van der Waals surface area contributed by atoms with Crippen LogP contribution in [0.25, 0.3) is 0 Å². The molecule has 0 saturated carbocycles. The van der Waals surface area contributed by atoms with Gasteiger partial charge in [-0.1, -0.05) is 39.8 Å². The Balaban J connectivity index is 1.99. The molecule has 1 heterocycles. The van der Waals surface area contributed by atoms with Crippen molar-refractivity contribution in [3.8, 4) is 0 Å². The Hall–Kier alpha value is -2.11. The second-order valence-corrected chi connectivity index (χ2v) is 7.65. The summed E-state index contributed by atoms with van der Waals surface area (Å²) in [6, 6.07) is 5.65. The first kappa shape index (κ1) is 19.2. The van der Waals surface area contributed by atoms with E-state index in [1.165, 1.54) is 12.1 Å². The smallest absolute Gasteiger partial charge is 0.315 e. The van der Waals surface area contributed by atoms with E-state index < -0.39 is 0 Å². The molecule has 2 rings (SSSR count). The summed E-state index contributed by atoms with van der Waals surface area (Å²) in [5.41, 5.74) is 0.632. The van der Waals surface area contributed by atoms with Gasteiger partial charge in [0.1, 0.15) is 5.82 Å². The van der Waals surface area contributed by atoms with Crippen LogP contribution in [0.1, 0.15) is 52.1 Å². The predicted octanol–water partition coefficient (Wildman–Crippen LogP) is 3.22. The summed E-state index contributed by atoms with van der Waals surface area (Å²) < 4.78 is 13.2. The first-order chi connectivity index (χ1) is 11.7. The van der Waals surface area contributed by atoms with Gasteiger partial charge in [0.05, 0.1) is 6.04 Å². The monoisotopic (exact) mass is 349 g/mol. The summed E-state index contributed by atoms with van der Waals surface area (Å²) in [7, 11) is 0. The third-order valence-electron chi connectivity index (χ3n) is 4.52. The summed E-state index contributed by atoms with van der Waals surface area (Å²) in [4.78, 5) is 26.0. The van der Waals surface area contributed by atoms with Crippen molar-refractivity contribution in [3.05, 3.63) is 35.6 Å². The van der Waals surface area contributed by atoms with Crippen LogP contribution in [0.2, 0.25) is 0 Å². The Morgan fingerprint density at radius 3 is 2.48 bits per heavy atom. The van der Waals surface area contributed by atoms with Gasteiger partial charge in [0, 0.05) is 25.6 Å². The molecule has 3 amide bonds. The molecular weight excluding hydrogens is 321 g/mol. The Morgan fingerprint density at radius 2 is 1.92 bits per heavy atom. The fraction of sp³-hybridized carbons (Fsp3) is 0.579. The van der Waals surface area contributed by atoms with Crippen molar-refractivity contribution in [2.24, 2.45) is 5.41 Å². The molecule has 0 spiro atoms. The van der Waals surface area contributed by atoms with Gasteiger partial charge in [0.2, 0.25) is 5.91 Å². The lowest BCUT2D eigenvalue weighted by molar-refractivity contribution is -0.129. The van der Waals surface area contributed by atoms with E-state index in [2.05, 4.69) is 10.6 Å². The van der Waals surface area contributed by atoms with E-state index in [1.807, 2.05) is 27.7 Å². The quantitative estimate of drug-likeness (QED) is 0.877. The van der Waals surface area contributed by atoms with Crippen LogP contribution in [-0.2, 0) is 4.79 Å². The molecule has 0 aliphatic carbocycles. The van der Waals surface area contributed by atoms with Gasteiger partial charge in [0.25, 0.3) is 0 Å². The van der Waals surface area contributed by atoms with Gasteiger partial charge in [-0.25, -0.2) is 9.18 Å². The molecule has 1 fully saturated rings. The molecule has 2 N–H and O–H groups in total. The summed E-state index contributed by atoms with van der Waals surface area (Å²) in [5.74, 6) is -0.184. The van der Waals surface area contributed by atoms with Crippen LogP contribution >= 0.6 is 0 Å². The molecule has 1 aliphatic rings. The number of benzene rings is 1. The first-order valence-electron chi connectivity index (χ1n) is 8.81. The summed E-state index contributed by atoms with van der Waals surface area (Å²) >= 11 is 0.